The highest BCUT2D eigenvalue weighted by Crippen LogP contribution is 2.26. The lowest BCUT2D eigenvalue weighted by Crippen LogP contribution is -2.19. The molecule has 29 heavy (non-hydrogen) atoms. The molecule has 0 bridgehead atoms. The summed E-state index contributed by atoms with van der Waals surface area (Å²) >= 11 is 0. The van der Waals surface area contributed by atoms with Crippen LogP contribution in [0, 0.1) is 20.8 Å². The summed E-state index contributed by atoms with van der Waals surface area (Å²) in [6.07, 6.45) is 3.41. The van der Waals surface area contributed by atoms with Crippen LogP contribution in [0.2, 0.25) is 0 Å². The van der Waals surface area contributed by atoms with E-state index in [0.29, 0.717) is 17.7 Å². The Bertz CT molecular complexity index is 1100. The van der Waals surface area contributed by atoms with E-state index in [9.17, 15) is 13.2 Å². The first-order valence-corrected chi connectivity index (χ1v) is 10.6. The molecule has 1 aromatic heterocycles. The van der Waals surface area contributed by atoms with Gasteiger partial charge in [0.1, 0.15) is 6.61 Å². The lowest BCUT2D eigenvalue weighted by Gasteiger charge is -2.16. The number of carbonyl (C=O) groups excluding carboxylic acids is 1. The van der Waals surface area contributed by atoms with Gasteiger partial charge >= 0.3 is 5.97 Å². The summed E-state index contributed by atoms with van der Waals surface area (Å²) in [5.41, 5.74) is 2.61. The van der Waals surface area contributed by atoms with Crippen molar-refractivity contribution in [2.75, 3.05) is 11.3 Å². The number of aromatic nitrogens is 2. The molecule has 2 aromatic carbocycles. The molecule has 8 heteroatoms. The van der Waals surface area contributed by atoms with Crippen molar-refractivity contribution in [1.29, 1.82) is 0 Å². The van der Waals surface area contributed by atoms with Crippen LogP contribution in [0.3, 0.4) is 0 Å². The average molecular weight is 413 g/mol. The summed E-state index contributed by atoms with van der Waals surface area (Å²) < 4.78 is 35.5. The molecule has 152 valence electrons. The minimum Gasteiger partial charge on any atom is -0.460 e. The van der Waals surface area contributed by atoms with Crippen LogP contribution in [0.25, 0.3) is 0 Å². The summed E-state index contributed by atoms with van der Waals surface area (Å²) in [4.78, 5) is 12.7. The number of ether oxygens (including phenoxy) is 1. The molecule has 7 nitrogen and oxygen atoms in total. The molecular weight excluding hydrogens is 390 g/mol. The third-order valence-electron chi connectivity index (χ3n) is 4.38. The first-order valence-electron chi connectivity index (χ1n) is 9.12. The Labute approximate surface area is 170 Å². The fourth-order valence-electron chi connectivity index (χ4n) is 3.28. The first-order chi connectivity index (χ1) is 13.8. The van der Waals surface area contributed by atoms with E-state index in [0.717, 1.165) is 5.56 Å². The zero-order chi connectivity index (χ0) is 21.0. The summed E-state index contributed by atoms with van der Waals surface area (Å²) in [6, 6.07) is 11.8. The summed E-state index contributed by atoms with van der Waals surface area (Å²) in [7, 11) is -3.88. The second kappa shape index (κ2) is 8.48. The van der Waals surface area contributed by atoms with Crippen LogP contribution in [-0.4, -0.2) is 30.8 Å². The van der Waals surface area contributed by atoms with Gasteiger partial charge in [-0.2, -0.15) is 5.10 Å². The number of rotatable bonds is 7. The molecule has 0 aliphatic carbocycles. The van der Waals surface area contributed by atoms with Gasteiger partial charge in [0.05, 0.1) is 22.7 Å². The van der Waals surface area contributed by atoms with E-state index in [1.165, 1.54) is 6.07 Å². The number of carbonyl (C=O) groups is 1. The van der Waals surface area contributed by atoms with Crippen LogP contribution < -0.4 is 4.72 Å². The third kappa shape index (κ3) is 4.83. The Kier molecular flexibility index (Phi) is 6.03. The number of para-hydroxylation sites is 1. The van der Waals surface area contributed by atoms with Gasteiger partial charge in [0.2, 0.25) is 0 Å². The fraction of sp³-hybridized carbons (Fsp3) is 0.238. The van der Waals surface area contributed by atoms with Crippen molar-refractivity contribution < 1.29 is 17.9 Å². The molecule has 0 atom stereocenters. The molecule has 0 unspecified atom stereocenters. The van der Waals surface area contributed by atoms with Gasteiger partial charge in [-0.05, 0) is 50.1 Å². The van der Waals surface area contributed by atoms with E-state index < -0.39 is 16.0 Å². The first kappa shape index (κ1) is 20.6. The van der Waals surface area contributed by atoms with Gasteiger partial charge in [0, 0.05) is 12.4 Å². The van der Waals surface area contributed by atoms with Crippen molar-refractivity contribution in [2.45, 2.75) is 32.2 Å². The van der Waals surface area contributed by atoms with Gasteiger partial charge in [0.15, 0.2) is 0 Å². The summed E-state index contributed by atoms with van der Waals surface area (Å²) in [5.74, 6) is -0.604. The van der Waals surface area contributed by atoms with Gasteiger partial charge in [0.25, 0.3) is 10.0 Å². The smallest absolute Gasteiger partial charge is 0.340 e. The predicted molar refractivity (Wildman–Crippen MR) is 110 cm³/mol. The zero-order valence-corrected chi connectivity index (χ0v) is 17.4. The monoisotopic (exact) mass is 413 g/mol. The number of anilines is 1. The molecule has 3 aromatic rings. The number of hydrogen-bond donors (Lipinski definition) is 1. The van der Waals surface area contributed by atoms with Crippen molar-refractivity contribution in [3.05, 3.63) is 77.1 Å². The maximum Gasteiger partial charge on any atom is 0.340 e. The Morgan fingerprint density at radius 2 is 1.79 bits per heavy atom. The highest BCUT2D eigenvalue weighted by atomic mass is 32.2. The average Bonchev–Trinajstić information content (AvgIpc) is 3.14. The molecule has 1 N–H and O–H groups in total. The van der Waals surface area contributed by atoms with E-state index in [4.69, 9.17) is 4.74 Å². The Balaban J connectivity index is 1.80. The molecule has 0 amide bonds. The quantitative estimate of drug-likeness (QED) is 0.599. The number of esters is 1. The lowest BCUT2D eigenvalue weighted by molar-refractivity contribution is 0.0489. The van der Waals surface area contributed by atoms with Gasteiger partial charge in [-0.1, -0.05) is 29.8 Å². The standard InChI is InChI=1S/C21H23N3O4S/c1-15-13-16(2)20(17(3)14-15)29(26,27)23-19-8-5-4-7-18(19)21(25)28-12-11-24-10-6-9-22-24/h4-10,13-14,23H,11-12H2,1-3H3. The molecular formula is C21H23N3O4S. The van der Waals surface area contributed by atoms with Gasteiger partial charge in [-0.3, -0.25) is 9.40 Å². The molecule has 0 aliphatic heterocycles. The van der Waals surface area contributed by atoms with E-state index in [2.05, 4.69) is 9.82 Å². The summed E-state index contributed by atoms with van der Waals surface area (Å²) in [5, 5.41) is 4.04. The Morgan fingerprint density at radius 3 is 2.45 bits per heavy atom. The fourth-order valence-corrected chi connectivity index (χ4v) is 4.81. The van der Waals surface area contributed by atoms with Crippen LogP contribution in [0.4, 0.5) is 5.69 Å². The van der Waals surface area contributed by atoms with Gasteiger partial charge in [-0.15, -0.1) is 0 Å². The lowest BCUT2D eigenvalue weighted by atomic mass is 10.1. The largest absolute Gasteiger partial charge is 0.460 e. The zero-order valence-electron chi connectivity index (χ0n) is 16.5. The van der Waals surface area contributed by atoms with E-state index in [1.54, 1.807) is 55.2 Å². The summed E-state index contributed by atoms with van der Waals surface area (Å²) in [6.45, 7) is 5.96. The van der Waals surface area contributed by atoms with Crippen molar-refractivity contribution in [1.82, 2.24) is 9.78 Å². The second-order valence-electron chi connectivity index (χ2n) is 6.78. The van der Waals surface area contributed by atoms with Crippen molar-refractivity contribution in [3.63, 3.8) is 0 Å². The normalized spacial score (nSPS) is 11.3. The van der Waals surface area contributed by atoms with Crippen LogP contribution in [0.5, 0.6) is 0 Å². The second-order valence-corrected chi connectivity index (χ2v) is 8.40. The molecule has 3 rings (SSSR count). The third-order valence-corrected chi connectivity index (χ3v) is 6.05. The highest BCUT2D eigenvalue weighted by molar-refractivity contribution is 7.92. The Morgan fingerprint density at radius 1 is 1.10 bits per heavy atom. The molecule has 0 radical (unpaired) electrons. The topological polar surface area (TPSA) is 90.3 Å². The minimum atomic E-state index is -3.88. The van der Waals surface area contributed by atoms with Crippen LogP contribution >= 0.6 is 0 Å². The van der Waals surface area contributed by atoms with Crippen LogP contribution in [-0.2, 0) is 21.3 Å². The predicted octanol–water partition coefficient (Wildman–Crippen LogP) is 3.47. The maximum absolute atomic E-state index is 13.0. The van der Waals surface area contributed by atoms with Crippen LogP contribution in [0.1, 0.15) is 27.0 Å². The molecule has 1 heterocycles. The number of hydrogen-bond acceptors (Lipinski definition) is 5. The minimum absolute atomic E-state index is 0.123. The van der Waals surface area contributed by atoms with Crippen LogP contribution in [0.15, 0.2) is 59.8 Å². The van der Waals surface area contributed by atoms with Crippen molar-refractivity contribution in [3.8, 4) is 0 Å². The SMILES string of the molecule is Cc1cc(C)c(S(=O)(=O)Nc2ccccc2C(=O)OCCn2cccn2)c(C)c1. The van der Waals surface area contributed by atoms with E-state index >= 15 is 0 Å². The molecule has 0 spiro atoms. The number of nitrogens with one attached hydrogen (secondary N) is 1. The number of nitrogens with zero attached hydrogens (tertiary/aromatic N) is 2. The molecule has 0 saturated carbocycles. The van der Waals surface area contributed by atoms with Gasteiger partial charge in [-0.25, -0.2) is 13.2 Å². The van der Waals surface area contributed by atoms with Crippen molar-refractivity contribution in [2.24, 2.45) is 0 Å². The molecule has 0 saturated heterocycles. The molecule has 0 aliphatic rings. The van der Waals surface area contributed by atoms with Crippen molar-refractivity contribution >= 4 is 21.7 Å². The van der Waals surface area contributed by atoms with E-state index in [1.807, 2.05) is 19.1 Å². The highest BCUT2D eigenvalue weighted by Gasteiger charge is 2.23. The number of aryl methyl sites for hydroxylation is 3. The maximum atomic E-state index is 13.0. The van der Waals surface area contributed by atoms with E-state index in [-0.39, 0.29) is 22.8 Å². The number of benzene rings is 2. The molecule has 0 fully saturated rings. The number of sulfonamides is 1. The Hall–Kier alpha value is -3.13. The van der Waals surface area contributed by atoms with Gasteiger partial charge < -0.3 is 4.74 Å².